The van der Waals surface area contributed by atoms with Gasteiger partial charge in [-0.3, -0.25) is 0 Å². The van der Waals surface area contributed by atoms with Crippen molar-refractivity contribution in [1.82, 2.24) is 25.1 Å². The zero-order chi connectivity index (χ0) is 11.7. The Labute approximate surface area is 107 Å². The van der Waals surface area contributed by atoms with E-state index in [2.05, 4.69) is 36.3 Å². The van der Waals surface area contributed by atoms with Crippen LogP contribution in [-0.2, 0) is 6.54 Å². The quantitative estimate of drug-likeness (QED) is 0.932. The Kier molecular flexibility index (Phi) is 2.90. The summed E-state index contributed by atoms with van der Waals surface area (Å²) in [5.74, 6) is 0.589. The summed E-state index contributed by atoms with van der Waals surface area (Å²) in [5.41, 5.74) is 1.10. The van der Waals surface area contributed by atoms with Crippen LogP contribution in [0.4, 0.5) is 0 Å². The predicted octanol–water partition coefficient (Wildman–Crippen LogP) is 1.68. The largest absolute Gasteiger partial charge is 0.310 e. The molecule has 5 nitrogen and oxygen atoms in total. The van der Waals surface area contributed by atoms with Gasteiger partial charge in [0.1, 0.15) is 0 Å². The van der Waals surface area contributed by atoms with Crippen molar-refractivity contribution in [1.29, 1.82) is 0 Å². The maximum absolute atomic E-state index is 4.29. The Morgan fingerprint density at radius 2 is 2.06 bits per heavy atom. The third-order valence-electron chi connectivity index (χ3n) is 2.62. The molecule has 0 saturated heterocycles. The van der Waals surface area contributed by atoms with Crippen molar-refractivity contribution in [3.8, 4) is 5.95 Å². The highest BCUT2D eigenvalue weighted by molar-refractivity contribution is 9.10. The van der Waals surface area contributed by atoms with Gasteiger partial charge >= 0.3 is 0 Å². The molecule has 0 spiro atoms. The van der Waals surface area contributed by atoms with Crippen molar-refractivity contribution in [2.75, 3.05) is 0 Å². The first-order chi connectivity index (χ1) is 8.31. The molecule has 2 heterocycles. The molecule has 2 aromatic rings. The Bertz CT molecular complexity index is 503. The van der Waals surface area contributed by atoms with Gasteiger partial charge in [-0.1, -0.05) is 0 Å². The molecule has 3 rings (SSSR count). The average Bonchev–Trinajstić information content (AvgIpc) is 3.09. The average molecular weight is 294 g/mol. The third-order valence-corrected chi connectivity index (χ3v) is 3.03. The Morgan fingerprint density at radius 1 is 1.29 bits per heavy atom. The number of nitrogens with zero attached hydrogens (tertiary/aromatic N) is 4. The summed E-state index contributed by atoms with van der Waals surface area (Å²) in [4.78, 5) is 8.58. The second kappa shape index (κ2) is 4.54. The van der Waals surface area contributed by atoms with Crippen LogP contribution in [0, 0.1) is 0 Å². The second-order valence-corrected chi connectivity index (χ2v) is 5.07. The smallest absolute Gasteiger partial charge is 0.250 e. The fourth-order valence-electron chi connectivity index (χ4n) is 1.52. The molecular formula is C11H12BrN5. The molecule has 0 unspecified atom stereocenters. The summed E-state index contributed by atoms with van der Waals surface area (Å²) in [6.07, 6.45) is 9.81. The molecule has 1 N–H and O–H groups in total. The van der Waals surface area contributed by atoms with E-state index in [0.717, 1.165) is 16.6 Å². The van der Waals surface area contributed by atoms with E-state index in [1.807, 2.05) is 18.6 Å². The molecule has 6 heteroatoms. The zero-order valence-electron chi connectivity index (χ0n) is 9.17. The summed E-state index contributed by atoms with van der Waals surface area (Å²) < 4.78 is 2.56. The fourth-order valence-corrected chi connectivity index (χ4v) is 1.80. The molecule has 1 aliphatic rings. The maximum Gasteiger partial charge on any atom is 0.250 e. The van der Waals surface area contributed by atoms with Gasteiger partial charge < -0.3 is 5.32 Å². The van der Waals surface area contributed by atoms with E-state index in [4.69, 9.17) is 0 Å². The topological polar surface area (TPSA) is 55.6 Å². The monoisotopic (exact) mass is 293 g/mol. The number of hydrogen-bond donors (Lipinski definition) is 1. The number of halogens is 1. The molecule has 0 radical (unpaired) electrons. The van der Waals surface area contributed by atoms with Crippen LogP contribution in [0.3, 0.4) is 0 Å². The molecule has 0 atom stereocenters. The standard InChI is InChI=1S/C11H12BrN5/c12-9-6-16-17(7-9)11-14-4-8(5-15-11)3-13-10-1-2-10/h4-7,10,13H,1-3H2. The minimum absolute atomic E-state index is 0.589. The van der Waals surface area contributed by atoms with E-state index in [0.29, 0.717) is 12.0 Å². The van der Waals surface area contributed by atoms with Crippen LogP contribution < -0.4 is 5.32 Å². The molecular weight excluding hydrogens is 282 g/mol. The van der Waals surface area contributed by atoms with Gasteiger partial charge in [-0.15, -0.1) is 0 Å². The molecule has 0 aliphatic heterocycles. The normalized spacial score (nSPS) is 15.1. The molecule has 0 aromatic carbocycles. The first-order valence-corrected chi connectivity index (χ1v) is 6.35. The van der Waals surface area contributed by atoms with Gasteiger partial charge in [0, 0.05) is 36.7 Å². The fraction of sp³-hybridized carbons (Fsp3) is 0.364. The lowest BCUT2D eigenvalue weighted by molar-refractivity contribution is 0.680. The van der Waals surface area contributed by atoms with E-state index in [9.17, 15) is 0 Å². The predicted molar refractivity (Wildman–Crippen MR) is 66.7 cm³/mol. The summed E-state index contributed by atoms with van der Waals surface area (Å²) in [6.45, 7) is 0.841. The van der Waals surface area contributed by atoms with Crippen molar-refractivity contribution in [2.45, 2.75) is 25.4 Å². The molecule has 0 amide bonds. The van der Waals surface area contributed by atoms with Crippen LogP contribution >= 0.6 is 15.9 Å². The molecule has 1 fully saturated rings. The van der Waals surface area contributed by atoms with Gasteiger partial charge in [-0.2, -0.15) is 5.10 Å². The first kappa shape index (κ1) is 10.9. The lowest BCUT2D eigenvalue weighted by Gasteiger charge is -2.03. The summed E-state index contributed by atoms with van der Waals surface area (Å²) in [7, 11) is 0. The van der Waals surface area contributed by atoms with E-state index < -0.39 is 0 Å². The van der Waals surface area contributed by atoms with Gasteiger partial charge in [0.25, 0.3) is 0 Å². The molecule has 1 aliphatic carbocycles. The van der Waals surface area contributed by atoms with Crippen LogP contribution in [-0.4, -0.2) is 25.8 Å². The summed E-state index contributed by atoms with van der Waals surface area (Å²) in [6, 6.07) is 0.705. The summed E-state index contributed by atoms with van der Waals surface area (Å²) >= 11 is 3.34. The van der Waals surface area contributed by atoms with Crippen LogP contribution in [0.5, 0.6) is 0 Å². The Hall–Kier alpha value is -1.27. The van der Waals surface area contributed by atoms with Crippen LogP contribution in [0.25, 0.3) is 5.95 Å². The van der Waals surface area contributed by atoms with Crippen LogP contribution in [0.2, 0.25) is 0 Å². The lowest BCUT2D eigenvalue weighted by Crippen LogP contribution is -2.16. The number of hydrogen-bond acceptors (Lipinski definition) is 4. The first-order valence-electron chi connectivity index (χ1n) is 5.56. The van der Waals surface area contributed by atoms with Crippen LogP contribution in [0.15, 0.2) is 29.3 Å². The van der Waals surface area contributed by atoms with Crippen molar-refractivity contribution in [3.63, 3.8) is 0 Å². The SMILES string of the molecule is Brc1cnn(-c2ncc(CNC3CC3)cn2)c1. The summed E-state index contributed by atoms with van der Waals surface area (Å²) in [5, 5.41) is 7.56. The number of nitrogens with one attached hydrogen (secondary N) is 1. The van der Waals surface area contributed by atoms with Gasteiger partial charge in [-0.25, -0.2) is 14.6 Å². The van der Waals surface area contributed by atoms with Crippen molar-refractivity contribution < 1.29 is 0 Å². The van der Waals surface area contributed by atoms with Crippen molar-refractivity contribution in [2.24, 2.45) is 0 Å². The minimum atomic E-state index is 0.589. The maximum atomic E-state index is 4.29. The van der Waals surface area contributed by atoms with Gasteiger partial charge in [-0.05, 0) is 28.8 Å². The van der Waals surface area contributed by atoms with E-state index >= 15 is 0 Å². The zero-order valence-corrected chi connectivity index (χ0v) is 10.8. The van der Waals surface area contributed by atoms with E-state index in [1.165, 1.54) is 12.8 Å². The second-order valence-electron chi connectivity index (χ2n) is 4.15. The molecule has 2 aromatic heterocycles. The van der Waals surface area contributed by atoms with E-state index in [-0.39, 0.29) is 0 Å². The minimum Gasteiger partial charge on any atom is -0.310 e. The van der Waals surface area contributed by atoms with Crippen molar-refractivity contribution >= 4 is 15.9 Å². The highest BCUT2D eigenvalue weighted by Crippen LogP contribution is 2.19. The van der Waals surface area contributed by atoms with Crippen molar-refractivity contribution in [3.05, 3.63) is 34.8 Å². The van der Waals surface area contributed by atoms with Gasteiger partial charge in [0.15, 0.2) is 0 Å². The third kappa shape index (κ3) is 2.70. The Morgan fingerprint density at radius 3 is 2.65 bits per heavy atom. The number of aromatic nitrogens is 4. The molecule has 88 valence electrons. The molecule has 1 saturated carbocycles. The lowest BCUT2D eigenvalue weighted by atomic mass is 10.3. The van der Waals surface area contributed by atoms with Crippen LogP contribution in [0.1, 0.15) is 18.4 Å². The van der Waals surface area contributed by atoms with Gasteiger partial charge in [0.2, 0.25) is 5.95 Å². The van der Waals surface area contributed by atoms with Gasteiger partial charge in [0.05, 0.1) is 10.7 Å². The highest BCUT2D eigenvalue weighted by atomic mass is 79.9. The van der Waals surface area contributed by atoms with E-state index in [1.54, 1.807) is 10.9 Å². The number of rotatable bonds is 4. The Balaban J connectivity index is 1.70. The molecule has 0 bridgehead atoms. The molecule has 17 heavy (non-hydrogen) atoms. The highest BCUT2D eigenvalue weighted by Gasteiger charge is 2.19.